The van der Waals surface area contributed by atoms with Gasteiger partial charge < -0.3 is 15.8 Å². The fraction of sp³-hybridized carbons (Fsp3) is 0.917. The Morgan fingerprint density at radius 1 is 1.50 bits per heavy atom. The summed E-state index contributed by atoms with van der Waals surface area (Å²) in [4.78, 5) is 12.2. The van der Waals surface area contributed by atoms with E-state index in [4.69, 9.17) is 10.5 Å². The highest BCUT2D eigenvalue weighted by Gasteiger charge is 2.40. The van der Waals surface area contributed by atoms with Crippen molar-refractivity contribution in [2.45, 2.75) is 38.6 Å². The number of hydrogen-bond donors (Lipinski definition) is 2. The molecule has 0 radical (unpaired) electrons. The van der Waals surface area contributed by atoms with Gasteiger partial charge >= 0.3 is 0 Å². The molecule has 3 N–H and O–H groups in total. The lowest BCUT2D eigenvalue weighted by Crippen LogP contribution is -2.51. The van der Waals surface area contributed by atoms with Gasteiger partial charge in [-0.05, 0) is 38.5 Å². The SMILES string of the molecule is CC(NC(=O)C1(CN)CCOCC1)C1CC1. The molecule has 0 aromatic heterocycles. The van der Waals surface area contributed by atoms with Gasteiger partial charge in [0.2, 0.25) is 5.91 Å². The van der Waals surface area contributed by atoms with E-state index in [0.717, 1.165) is 12.8 Å². The number of rotatable bonds is 4. The molecule has 0 aromatic carbocycles. The van der Waals surface area contributed by atoms with Crippen LogP contribution in [0, 0.1) is 11.3 Å². The van der Waals surface area contributed by atoms with Gasteiger partial charge in [0.25, 0.3) is 0 Å². The van der Waals surface area contributed by atoms with Crippen LogP contribution in [0.5, 0.6) is 0 Å². The fourth-order valence-corrected chi connectivity index (χ4v) is 2.36. The van der Waals surface area contributed by atoms with Crippen LogP contribution in [0.3, 0.4) is 0 Å². The molecular formula is C12H22N2O2. The van der Waals surface area contributed by atoms with Crippen LogP contribution in [-0.2, 0) is 9.53 Å². The van der Waals surface area contributed by atoms with E-state index in [9.17, 15) is 4.79 Å². The molecule has 1 aliphatic heterocycles. The molecule has 0 aromatic rings. The predicted octanol–water partition coefficient (Wildman–Crippen LogP) is 0.657. The standard InChI is InChI=1S/C12H22N2O2/c1-9(10-2-3-10)14-11(15)12(8-13)4-6-16-7-5-12/h9-10H,2-8,13H2,1H3,(H,14,15). The molecule has 1 unspecified atom stereocenters. The summed E-state index contributed by atoms with van der Waals surface area (Å²) in [6, 6.07) is 0.304. The highest BCUT2D eigenvalue weighted by Crippen LogP contribution is 2.34. The van der Waals surface area contributed by atoms with Gasteiger partial charge in [-0.3, -0.25) is 4.79 Å². The van der Waals surface area contributed by atoms with E-state index in [1.165, 1.54) is 12.8 Å². The first-order chi connectivity index (χ1) is 7.68. The van der Waals surface area contributed by atoms with Crippen molar-refractivity contribution in [1.82, 2.24) is 5.32 Å². The zero-order chi connectivity index (χ0) is 11.6. The summed E-state index contributed by atoms with van der Waals surface area (Å²) in [5.74, 6) is 0.830. The molecule has 16 heavy (non-hydrogen) atoms. The van der Waals surface area contributed by atoms with Crippen LogP contribution in [0.2, 0.25) is 0 Å². The second-order valence-electron chi connectivity index (χ2n) is 5.20. The number of nitrogens with one attached hydrogen (secondary N) is 1. The van der Waals surface area contributed by atoms with E-state index < -0.39 is 0 Å². The predicted molar refractivity (Wildman–Crippen MR) is 61.9 cm³/mol. The third-order valence-electron chi connectivity index (χ3n) is 4.01. The first-order valence-corrected chi connectivity index (χ1v) is 6.27. The van der Waals surface area contributed by atoms with Crippen molar-refractivity contribution in [2.75, 3.05) is 19.8 Å². The molecule has 0 bridgehead atoms. The van der Waals surface area contributed by atoms with Gasteiger partial charge in [0.1, 0.15) is 0 Å². The number of hydrogen-bond acceptors (Lipinski definition) is 3. The molecule has 1 aliphatic carbocycles. The van der Waals surface area contributed by atoms with Gasteiger partial charge in [-0.25, -0.2) is 0 Å². The summed E-state index contributed by atoms with van der Waals surface area (Å²) in [6.07, 6.45) is 4.01. The van der Waals surface area contributed by atoms with Gasteiger partial charge in [0.15, 0.2) is 0 Å². The maximum atomic E-state index is 12.2. The van der Waals surface area contributed by atoms with Gasteiger partial charge in [0.05, 0.1) is 5.41 Å². The largest absolute Gasteiger partial charge is 0.381 e. The topological polar surface area (TPSA) is 64.4 Å². The van der Waals surface area contributed by atoms with Crippen molar-refractivity contribution >= 4 is 5.91 Å². The minimum absolute atomic E-state index is 0.137. The number of nitrogens with two attached hydrogens (primary N) is 1. The van der Waals surface area contributed by atoms with Crippen LogP contribution in [0.25, 0.3) is 0 Å². The van der Waals surface area contributed by atoms with E-state index in [-0.39, 0.29) is 11.3 Å². The first kappa shape index (κ1) is 11.9. The van der Waals surface area contributed by atoms with E-state index in [1.54, 1.807) is 0 Å². The zero-order valence-electron chi connectivity index (χ0n) is 10.00. The van der Waals surface area contributed by atoms with Gasteiger partial charge in [-0.15, -0.1) is 0 Å². The summed E-state index contributed by atoms with van der Waals surface area (Å²) in [6.45, 7) is 3.84. The van der Waals surface area contributed by atoms with Crippen LogP contribution in [0.15, 0.2) is 0 Å². The number of carbonyl (C=O) groups excluding carboxylic acids is 1. The molecule has 1 saturated carbocycles. The minimum atomic E-state index is -0.374. The smallest absolute Gasteiger partial charge is 0.227 e. The highest BCUT2D eigenvalue weighted by molar-refractivity contribution is 5.83. The average Bonchev–Trinajstić information content (AvgIpc) is 3.13. The third-order valence-corrected chi connectivity index (χ3v) is 4.01. The Morgan fingerprint density at radius 3 is 2.62 bits per heavy atom. The summed E-state index contributed by atoms with van der Waals surface area (Å²) < 4.78 is 5.31. The Hall–Kier alpha value is -0.610. The third kappa shape index (κ3) is 2.38. The Bertz CT molecular complexity index is 258. The number of amides is 1. The minimum Gasteiger partial charge on any atom is -0.381 e. The molecule has 2 rings (SSSR count). The monoisotopic (exact) mass is 226 g/mol. The molecule has 0 spiro atoms. The van der Waals surface area contributed by atoms with Crippen molar-refractivity contribution in [3.8, 4) is 0 Å². The summed E-state index contributed by atoms with van der Waals surface area (Å²) in [5, 5.41) is 3.13. The van der Waals surface area contributed by atoms with E-state index in [1.807, 2.05) is 0 Å². The summed E-state index contributed by atoms with van der Waals surface area (Å²) >= 11 is 0. The maximum absolute atomic E-state index is 12.2. The Kier molecular flexibility index (Phi) is 3.50. The van der Waals surface area contributed by atoms with Crippen molar-refractivity contribution in [3.05, 3.63) is 0 Å². The Labute approximate surface area is 96.9 Å². The molecule has 1 saturated heterocycles. The molecular weight excluding hydrogens is 204 g/mol. The molecule has 4 nitrogen and oxygen atoms in total. The van der Waals surface area contributed by atoms with Crippen molar-refractivity contribution in [3.63, 3.8) is 0 Å². The van der Waals surface area contributed by atoms with E-state index in [0.29, 0.717) is 31.7 Å². The van der Waals surface area contributed by atoms with Gasteiger partial charge in [-0.2, -0.15) is 0 Å². The molecule has 1 atom stereocenters. The molecule has 4 heteroatoms. The second-order valence-corrected chi connectivity index (χ2v) is 5.20. The van der Waals surface area contributed by atoms with Crippen LogP contribution in [0.4, 0.5) is 0 Å². The Morgan fingerprint density at radius 2 is 2.12 bits per heavy atom. The summed E-state index contributed by atoms with van der Waals surface area (Å²) in [5.41, 5.74) is 5.42. The lowest BCUT2D eigenvalue weighted by atomic mass is 9.79. The average molecular weight is 226 g/mol. The zero-order valence-corrected chi connectivity index (χ0v) is 10.00. The first-order valence-electron chi connectivity index (χ1n) is 6.27. The molecule has 2 aliphatic rings. The number of carbonyl (C=O) groups is 1. The molecule has 1 heterocycles. The normalized spacial score (nSPS) is 26.1. The van der Waals surface area contributed by atoms with Crippen LogP contribution >= 0.6 is 0 Å². The van der Waals surface area contributed by atoms with E-state index >= 15 is 0 Å². The molecule has 2 fully saturated rings. The van der Waals surface area contributed by atoms with E-state index in [2.05, 4.69) is 12.2 Å². The van der Waals surface area contributed by atoms with Crippen molar-refractivity contribution < 1.29 is 9.53 Å². The van der Waals surface area contributed by atoms with Crippen molar-refractivity contribution in [1.29, 1.82) is 0 Å². The lowest BCUT2D eigenvalue weighted by Gasteiger charge is -2.35. The lowest BCUT2D eigenvalue weighted by molar-refractivity contribution is -0.136. The van der Waals surface area contributed by atoms with Crippen molar-refractivity contribution in [2.24, 2.45) is 17.1 Å². The Balaban J connectivity index is 1.93. The van der Waals surface area contributed by atoms with Crippen LogP contribution in [-0.4, -0.2) is 31.7 Å². The molecule has 1 amide bonds. The fourth-order valence-electron chi connectivity index (χ4n) is 2.36. The van der Waals surface area contributed by atoms with Gasteiger partial charge in [-0.1, -0.05) is 0 Å². The van der Waals surface area contributed by atoms with Gasteiger partial charge in [0, 0.05) is 25.8 Å². The number of ether oxygens (including phenoxy) is 1. The highest BCUT2D eigenvalue weighted by atomic mass is 16.5. The molecule has 92 valence electrons. The maximum Gasteiger partial charge on any atom is 0.227 e. The quantitative estimate of drug-likeness (QED) is 0.740. The van der Waals surface area contributed by atoms with Crippen LogP contribution in [0.1, 0.15) is 32.6 Å². The van der Waals surface area contributed by atoms with Crippen LogP contribution < -0.4 is 11.1 Å². The second kappa shape index (κ2) is 4.72. The summed E-state index contributed by atoms with van der Waals surface area (Å²) in [7, 11) is 0.